The predicted octanol–water partition coefficient (Wildman–Crippen LogP) is 8.83. The fourth-order valence-electron chi connectivity index (χ4n) is 8.21. The Labute approximate surface area is 295 Å². The lowest BCUT2D eigenvalue weighted by atomic mass is 9.93. The van der Waals surface area contributed by atoms with Gasteiger partial charge in [0.25, 0.3) is 0 Å². The number of benzene rings is 4. The number of amidine groups is 1. The van der Waals surface area contributed by atoms with Crippen LogP contribution < -0.4 is 15.5 Å². The second kappa shape index (κ2) is 13.9. The van der Waals surface area contributed by atoms with E-state index in [9.17, 15) is 5.11 Å². The van der Waals surface area contributed by atoms with Gasteiger partial charge in [0, 0.05) is 17.3 Å². The largest absolute Gasteiger partial charge is 0.506 e. The highest BCUT2D eigenvalue weighted by Crippen LogP contribution is 2.40. The van der Waals surface area contributed by atoms with Gasteiger partial charge >= 0.3 is 0 Å². The highest BCUT2D eigenvalue weighted by molar-refractivity contribution is 6.00. The molecule has 0 radical (unpaired) electrons. The fourth-order valence-corrected chi connectivity index (χ4v) is 8.21. The Morgan fingerprint density at radius 1 is 0.900 bits per heavy atom. The summed E-state index contributed by atoms with van der Waals surface area (Å²) < 4.78 is 0. The smallest absolute Gasteiger partial charge is 0.159 e. The molecule has 4 aromatic carbocycles. The SMILES string of the molecule is CC1C([C@H](C)N(C2=C(O)C=CCC2)C2C=CC=CC2)=CCc2c(ccc3ccccc23)N1C1NC(c2ccccc2)=NC(c2ccccc2)N1. The number of anilines is 1. The van der Waals surface area contributed by atoms with E-state index in [0.717, 1.165) is 48.3 Å². The molecule has 0 spiro atoms. The zero-order valence-electron chi connectivity index (χ0n) is 28.8. The molecule has 252 valence electrons. The zero-order valence-corrected chi connectivity index (χ0v) is 28.8. The molecule has 6 nitrogen and oxygen atoms in total. The maximum absolute atomic E-state index is 11.3. The van der Waals surface area contributed by atoms with Gasteiger partial charge in [0.1, 0.15) is 17.8 Å². The Hall–Kier alpha value is -5.33. The minimum atomic E-state index is -0.271. The van der Waals surface area contributed by atoms with E-state index in [-0.39, 0.29) is 30.6 Å². The summed E-state index contributed by atoms with van der Waals surface area (Å²) in [5.41, 5.74) is 7.04. The predicted molar refractivity (Wildman–Crippen MR) is 206 cm³/mol. The number of nitrogens with one attached hydrogen (secondary N) is 2. The first-order valence-corrected chi connectivity index (χ1v) is 18.0. The average Bonchev–Trinajstić information content (AvgIpc) is 3.32. The molecule has 5 atom stereocenters. The summed E-state index contributed by atoms with van der Waals surface area (Å²) in [5, 5.41) is 21.6. The third-order valence-corrected chi connectivity index (χ3v) is 10.7. The van der Waals surface area contributed by atoms with E-state index >= 15 is 0 Å². The van der Waals surface area contributed by atoms with Crippen molar-refractivity contribution in [3.05, 3.63) is 173 Å². The fraction of sp³-hybridized carbons (Fsp3) is 0.250. The van der Waals surface area contributed by atoms with Crippen LogP contribution in [0.5, 0.6) is 0 Å². The first-order chi connectivity index (χ1) is 24.6. The topological polar surface area (TPSA) is 63.1 Å². The van der Waals surface area contributed by atoms with E-state index in [1.165, 1.54) is 27.6 Å². The first kappa shape index (κ1) is 31.9. The molecule has 6 heteroatoms. The van der Waals surface area contributed by atoms with Crippen molar-refractivity contribution in [1.82, 2.24) is 15.5 Å². The third-order valence-electron chi connectivity index (χ3n) is 10.7. The Kier molecular flexibility index (Phi) is 8.86. The second-order valence-corrected chi connectivity index (χ2v) is 13.6. The van der Waals surface area contributed by atoms with Crippen LogP contribution in [-0.2, 0) is 6.42 Å². The Balaban J connectivity index is 1.26. The molecule has 0 fully saturated rings. The van der Waals surface area contributed by atoms with Gasteiger partial charge in [-0.3, -0.25) is 5.32 Å². The lowest BCUT2D eigenvalue weighted by Crippen LogP contribution is -2.63. The highest BCUT2D eigenvalue weighted by Gasteiger charge is 2.38. The Bertz CT molecular complexity index is 2040. The number of hydrogen-bond acceptors (Lipinski definition) is 6. The third kappa shape index (κ3) is 6.05. The van der Waals surface area contributed by atoms with Gasteiger partial charge in [-0.05, 0) is 79.1 Å². The molecule has 2 aliphatic heterocycles. The van der Waals surface area contributed by atoms with E-state index in [1.807, 2.05) is 12.1 Å². The van der Waals surface area contributed by atoms with Crippen molar-refractivity contribution in [2.75, 3.05) is 4.90 Å². The number of nitrogens with zero attached hydrogens (tertiary/aromatic N) is 3. The van der Waals surface area contributed by atoms with Crippen LogP contribution in [0.2, 0.25) is 0 Å². The van der Waals surface area contributed by atoms with Crippen LogP contribution in [0.15, 0.2) is 162 Å². The van der Waals surface area contributed by atoms with Crippen LogP contribution in [0.3, 0.4) is 0 Å². The van der Waals surface area contributed by atoms with Gasteiger partial charge in [-0.25, -0.2) is 4.99 Å². The van der Waals surface area contributed by atoms with Gasteiger partial charge in [-0.1, -0.05) is 127 Å². The number of rotatable bonds is 7. The standard InChI is InChI=1S/C44H45N5O/c1-30(48(35-21-10-5-11-22-35)40-24-14-15-25-41(40)50)36-27-28-38-37-23-13-12-16-32(37)26-29-39(38)49(31(36)2)44-46-42(33-17-6-3-7-18-33)45-43(47-44)34-19-8-4-9-20-34/h3-13,15-21,23,25-27,29-31,35,42,44,46,50H,14,22,24,28H2,1-2H3,(H,45,47)/t30-,31?,35?,42?,44?/m0/s1. The van der Waals surface area contributed by atoms with Crippen LogP contribution in [-0.4, -0.2) is 40.3 Å². The molecule has 2 aliphatic carbocycles. The Morgan fingerprint density at radius 3 is 2.46 bits per heavy atom. The van der Waals surface area contributed by atoms with Gasteiger partial charge in [0.2, 0.25) is 0 Å². The summed E-state index contributed by atoms with van der Waals surface area (Å²) in [7, 11) is 0. The van der Waals surface area contributed by atoms with Crippen LogP contribution in [0.4, 0.5) is 5.69 Å². The van der Waals surface area contributed by atoms with Crippen LogP contribution >= 0.6 is 0 Å². The number of fused-ring (bicyclic) bond motifs is 3. The molecular formula is C44H45N5O. The normalized spacial score (nSPS) is 23.8. The van der Waals surface area contributed by atoms with Gasteiger partial charge in [-0.15, -0.1) is 0 Å². The van der Waals surface area contributed by atoms with Gasteiger partial charge in [0.05, 0.1) is 17.8 Å². The summed E-state index contributed by atoms with van der Waals surface area (Å²) in [4.78, 5) is 10.2. The van der Waals surface area contributed by atoms with E-state index in [4.69, 9.17) is 4.99 Å². The lowest BCUT2D eigenvalue weighted by Gasteiger charge is -2.47. The molecule has 3 N–H and O–H groups in total. The number of allylic oxidation sites excluding steroid dienone is 6. The molecule has 4 aliphatic rings. The van der Waals surface area contributed by atoms with Crippen molar-refractivity contribution in [3.8, 4) is 0 Å². The zero-order chi connectivity index (χ0) is 34.0. The molecule has 0 saturated carbocycles. The molecule has 0 amide bonds. The van der Waals surface area contributed by atoms with Crippen LogP contribution in [0, 0.1) is 0 Å². The molecule has 50 heavy (non-hydrogen) atoms. The number of aliphatic imine (C=N–C) groups is 1. The van der Waals surface area contributed by atoms with Crippen molar-refractivity contribution in [3.63, 3.8) is 0 Å². The molecule has 4 aromatic rings. The first-order valence-electron chi connectivity index (χ1n) is 18.0. The van der Waals surface area contributed by atoms with Crippen LogP contribution in [0.25, 0.3) is 10.8 Å². The van der Waals surface area contributed by atoms with Gasteiger partial charge < -0.3 is 20.2 Å². The van der Waals surface area contributed by atoms with E-state index in [0.29, 0.717) is 5.76 Å². The van der Waals surface area contributed by atoms with E-state index in [2.05, 4.69) is 162 Å². The Morgan fingerprint density at radius 2 is 1.68 bits per heavy atom. The van der Waals surface area contributed by atoms with Crippen molar-refractivity contribution in [2.45, 2.75) is 70.1 Å². The van der Waals surface area contributed by atoms with Crippen molar-refractivity contribution < 1.29 is 5.11 Å². The lowest BCUT2D eigenvalue weighted by molar-refractivity contribution is 0.217. The maximum atomic E-state index is 11.3. The molecule has 0 saturated heterocycles. The molecule has 2 heterocycles. The van der Waals surface area contributed by atoms with Gasteiger partial charge in [-0.2, -0.15) is 0 Å². The summed E-state index contributed by atoms with van der Waals surface area (Å²) in [6.07, 6.45) is 18.2. The quantitative estimate of drug-likeness (QED) is 0.173. The number of aliphatic hydroxyl groups excluding tert-OH is 1. The van der Waals surface area contributed by atoms with E-state index in [1.54, 1.807) is 0 Å². The summed E-state index contributed by atoms with van der Waals surface area (Å²) in [6, 6.07) is 34.4. The number of hydrogen-bond donors (Lipinski definition) is 3. The molecule has 8 rings (SSSR count). The van der Waals surface area contributed by atoms with Gasteiger partial charge in [0.15, 0.2) is 6.29 Å². The summed E-state index contributed by atoms with van der Waals surface area (Å²) in [5.74, 6) is 1.24. The minimum absolute atomic E-state index is 0.00329. The highest BCUT2D eigenvalue weighted by atomic mass is 16.3. The van der Waals surface area contributed by atoms with Crippen molar-refractivity contribution in [1.29, 1.82) is 0 Å². The van der Waals surface area contributed by atoms with Crippen molar-refractivity contribution >= 4 is 22.3 Å². The molecular weight excluding hydrogens is 615 g/mol. The molecule has 0 aromatic heterocycles. The molecule has 0 bridgehead atoms. The minimum Gasteiger partial charge on any atom is -0.506 e. The number of aliphatic hydroxyl groups is 1. The monoisotopic (exact) mass is 659 g/mol. The summed E-state index contributed by atoms with van der Waals surface area (Å²) in [6.45, 7) is 4.66. The molecule has 4 unspecified atom stereocenters. The van der Waals surface area contributed by atoms with Crippen LogP contribution in [0.1, 0.15) is 56.0 Å². The average molecular weight is 660 g/mol. The maximum Gasteiger partial charge on any atom is 0.159 e. The second-order valence-electron chi connectivity index (χ2n) is 13.6. The van der Waals surface area contributed by atoms with Crippen molar-refractivity contribution in [2.24, 2.45) is 4.99 Å². The van der Waals surface area contributed by atoms with E-state index < -0.39 is 0 Å². The summed E-state index contributed by atoms with van der Waals surface area (Å²) >= 11 is 0.